The average molecular weight is 361 g/mol. The molecule has 5 rings (SSSR count). The zero-order chi connectivity index (χ0) is 18.7. The van der Waals surface area contributed by atoms with Gasteiger partial charge in [-0.1, -0.05) is 12.1 Å². The second-order valence-corrected chi connectivity index (χ2v) is 7.08. The highest BCUT2D eigenvalue weighted by Gasteiger charge is 2.33. The third kappa shape index (κ3) is 2.40. The predicted molar refractivity (Wildman–Crippen MR) is 101 cm³/mol. The maximum atomic E-state index is 13.0. The maximum absolute atomic E-state index is 13.0. The molecule has 1 aliphatic heterocycles. The quantitative estimate of drug-likeness (QED) is 0.547. The van der Waals surface area contributed by atoms with Crippen molar-refractivity contribution < 1.29 is 4.79 Å². The molecule has 0 aliphatic carbocycles. The molecule has 0 spiro atoms. The lowest BCUT2D eigenvalue weighted by atomic mass is 10.2. The van der Waals surface area contributed by atoms with Crippen molar-refractivity contribution in [2.75, 3.05) is 11.4 Å². The Bertz CT molecular complexity index is 1210. The Morgan fingerprint density at radius 1 is 1.19 bits per heavy atom. The molecule has 0 saturated heterocycles. The van der Waals surface area contributed by atoms with Gasteiger partial charge in [0.05, 0.1) is 23.5 Å². The smallest absolute Gasteiger partial charge is 0.252 e. The number of hydrogen-bond acceptors (Lipinski definition) is 5. The van der Waals surface area contributed by atoms with Gasteiger partial charge in [-0.05, 0) is 39.0 Å². The van der Waals surface area contributed by atoms with Crippen molar-refractivity contribution in [3.8, 4) is 0 Å². The lowest BCUT2D eigenvalue weighted by Gasteiger charge is -2.13. The SMILES string of the molecule is Cc1cc(C)n2nc(CC(=O)N3CC(C)n4c3nc3ccccc34)nc2n1. The van der Waals surface area contributed by atoms with Gasteiger partial charge >= 0.3 is 0 Å². The van der Waals surface area contributed by atoms with Crippen LogP contribution in [0.2, 0.25) is 0 Å². The zero-order valence-electron chi connectivity index (χ0n) is 15.4. The third-order valence-corrected chi connectivity index (χ3v) is 4.98. The van der Waals surface area contributed by atoms with E-state index in [2.05, 4.69) is 31.5 Å². The first kappa shape index (κ1) is 15.9. The number of fused-ring (bicyclic) bond motifs is 4. The van der Waals surface area contributed by atoms with Gasteiger partial charge in [-0.25, -0.2) is 14.5 Å². The topological polar surface area (TPSA) is 81.2 Å². The number of imidazole rings is 1. The van der Waals surface area contributed by atoms with Gasteiger partial charge in [-0.3, -0.25) is 9.69 Å². The largest absolute Gasteiger partial charge is 0.305 e. The molecule has 1 amide bonds. The molecule has 0 N–H and O–H groups in total. The number of carbonyl (C=O) groups excluding carboxylic acids is 1. The molecule has 0 fully saturated rings. The predicted octanol–water partition coefficient (Wildman–Crippen LogP) is 2.24. The van der Waals surface area contributed by atoms with Crippen molar-refractivity contribution in [1.82, 2.24) is 29.1 Å². The molecule has 0 bridgehead atoms. The van der Waals surface area contributed by atoms with E-state index in [0.717, 1.165) is 22.4 Å². The molecule has 1 atom stereocenters. The number of benzene rings is 1. The Morgan fingerprint density at radius 2 is 2.00 bits per heavy atom. The van der Waals surface area contributed by atoms with E-state index in [0.29, 0.717) is 24.1 Å². The minimum atomic E-state index is -0.0545. The van der Waals surface area contributed by atoms with Gasteiger partial charge in [0.15, 0.2) is 5.82 Å². The Balaban J connectivity index is 1.48. The zero-order valence-corrected chi connectivity index (χ0v) is 15.4. The molecule has 8 nitrogen and oxygen atoms in total. The van der Waals surface area contributed by atoms with Crippen LogP contribution in [-0.4, -0.2) is 41.6 Å². The first-order chi connectivity index (χ1) is 13.0. The first-order valence-electron chi connectivity index (χ1n) is 8.98. The fourth-order valence-corrected chi connectivity index (χ4v) is 3.81. The van der Waals surface area contributed by atoms with Crippen LogP contribution in [0.15, 0.2) is 30.3 Å². The van der Waals surface area contributed by atoms with Gasteiger partial charge in [-0.15, -0.1) is 5.10 Å². The van der Waals surface area contributed by atoms with Gasteiger partial charge in [0, 0.05) is 17.9 Å². The number of aryl methyl sites for hydroxylation is 2. The minimum absolute atomic E-state index is 0.0545. The molecule has 4 aromatic rings. The third-order valence-electron chi connectivity index (χ3n) is 4.98. The number of aromatic nitrogens is 6. The van der Waals surface area contributed by atoms with E-state index in [4.69, 9.17) is 0 Å². The highest BCUT2D eigenvalue weighted by Crippen LogP contribution is 2.33. The average Bonchev–Trinajstić information content (AvgIpc) is 3.28. The van der Waals surface area contributed by atoms with Crippen molar-refractivity contribution in [3.63, 3.8) is 0 Å². The van der Waals surface area contributed by atoms with Crippen LogP contribution in [0.5, 0.6) is 0 Å². The number of rotatable bonds is 2. The summed E-state index contributed by atoms with van der Waals surface area (Å²) in [6, 6.07) is 10.1. The minimum Gasteiger partial charge on any atom is -0.305 e. The molecule has 3 aromatic heterocycles. The molecule has 0 radical (unpaired) electrons. The molecule has 1 aliphatic rings. The van der Waals surface area contributed by atoms with E-state index in [9.17, 15) is 4.79 Å². The Kier molecular flexibility index (Phi) is 3.30. The highest BCUT2D eigenvalue weighted by molar-refractivity contribution is 5.96. The summed E-state index contributed by atoms with van der Waals surface area (Å²) in [6.07, 6.45) is 0.123. The molecule has 27 heavy (non-hydrogen) atoms. The van der Waals surface area contributed by atoms with Crippen LogP contribution in [0, 0.1) is 13.8 Å². The van der Waals surface area contributed by atoms with Crippen LogP contribution in [0.25, 0.3) is 16.8 Å². The van der Waals surface area contributed by atoms with Gasteiger partial charge in [0.25, 0.3) is 5.78 Å². The number of amides is 1. The van der Waals surface area contributed by atoms with Crippen LogP contribution in [-0.2, 0) is 11.2 Å². The Labute approximate surface area is 155 Å². The first-order valence-corrected chi connectivity index (χ1v) is 8.98. The number of nitrogens with zero attached hydrogens (tertiary/aromatic N) is 7. The van der Waals surface area contributed by atoms with Crippen LogP contribution >= 0.6 is 0 Å². The van der Waals surface area contributed by atoms with Gasteiger partial charge in [0.1, 0.15) is 0 Å². The van der Waals surface area contributed by atoms with E-state index < -0.39 is 0 Å². The van der Waals surface area contributed by atoms with Crippen molar-refractivity contribution >= 4 is 28.7 Å². The summed E-state index contributed by atoms with van der Waals surface area (Å²) in [4.78, 5) is 28.2. The number of carbonyl (C=O) groups is 1. The van der Waals surface area contributed by atoms with Crippen LogP contribution in [0.1, 0.15) is 30.2 Å². The summed E-state index contributed by atoms with van der Waals surface area (Å²) in [5, 5.41) is 4.45. The Hall–Kier alpha value is -3.29. The maximum Gasteiger partial charge on any atom is 0.252 e. The molecule has 136 valence electrons. The van der Waals surface area contributed by atoms with Crippen molar-refractivity contribution in [1.29, 1.82) is 0 Å². The molecular formula is C19H19N7O. The molecule has 0 saturated carbocycles. The summed E-state index contributed by atoms with van der Waals surface area (Å²) < 4.78 is 3.80. The van der Waals surface area contributed by atoms with E-state index in [1.54, 1.807) is 9.42 Å². The lowest BCUT2D eigenvalue weighted by Crippen LogP contribution is -2.31. The lowest BCUT2D eigenvalue weighted by molar-refractivity contribution is -0.118. The second kappa shape index (κ2) is 5.60. The van der Waals surface area contributed by atoms with Gasteiger partial charge in [0.2, 0.25) is 11.9 Å². The van der Waals surface area contributed by atoms with E-state index in [-0.39, 0.29) is 18.4 Å². The van der Waals surface area contributed by atoms with Crippen LogP contribution in [0.3, 0.4) is 0 Å². The number of anilines is 1. The van der Waals surface area contributed by atoms with E-state index >= 15 is 0 Å². The summed E-state index contributed by atoms with van der Waals surface area (Å²) in [5.74, 6) is 1.64. The van der Waals surface area contributed by atoms with Gasteiger partial charge in [-0.2, -0.15) is 4.98 Å². The van der Waals surface area contributed by atoms with Crippen LogP contribution < -0.4 is 4.90 Å². The summed E-state index contributed by atoms with van der Waals surface area (Å²) >= 11 is 0. The number of para-hydroxylation sites is 2. The summed E-state index contributed by atoms with van der Waals surface area (Å²) in [5.41, 5.74) is 3.78. The highest BCUT2D eigenvalue weighted by atomic mass is 16.2. The van der Waals surface area contributed by atoms with Crippen molar-refractivity contribution in [3.05, 3.63) is 47.5 Å². The fourth-order valence-electron chi connectivity index (χ4n) is 3.81. The van der Waals surface area contributed by atoms with Crippen molar-refractivity contribution in [2.24, 2.45) is 0 Å². The standard InChI is InChI=1S/C19H19N7O/c1-11-8-12(2)26-18(20-11)22-16(23-26)9-17(27)24-10-13(3)25-15-7-5-4-6-14(15)21-19(24)25/h4-8,13H,9-10H2,1-3H3. The van der Waals surface area contributed by atoms with Crippen LogP contribution in [0.4, 0.5) is 5.95 Å². The molecule has 8 heteroatoms. The monoisotopic (exact) mass is 361 g/mol. The summed E-state index contributed by atoms with van der Waals surface area (Å²) in [6.45, 7) is 6.58. The van der Waals surface area contributed by atoms with Crippen molar-refractivity contribution in [2.45, 2.75) is 33.2 Å². The fraction of sp³-hybridized carbons (Fsp3) is 0.316. The summed E-state index contributed by atoms with van der Waals surface area (Å²) in [7, 11) is 0. The molecule has 4 heterocycles. The second-order valence-electron chi connectivity index (χ2n) is 7.08. The Morgan fingerprint density at radius 3 is 2.85 bits per heavy atom. The number of hydrogen-bond donors (Lipinski definition) is 0. The van der Waals surface area contributed by atoms with E-state index in [1.807, 2.05) is 44.2 Å². The molecular weight excluding hydrogens is 342 g/mol. The molecule has 1 aromatic carbocycles. The van der Waals surface area contributed by atoms with Gasteiger partial charge < -0.3 is 4.57 Å². The van der Waals surface area contributed by atoms with E-state index in [1.165, 1.54) is 0 Å². The normalized spacial score (nSPS) is 16.4. The molecule has 1 unspecified atom stereocenters.